The number of carbonyl (C=O) groups is 1. The van der Waals surface area contributed by atoms with Gasteiger partial charge in [-0.15, -0.1) is 5.10 Å². The van der Waals surface area contributed by atoms with Gasteiger partial charge >= 0.3 is 6.09 Å². The molecule has 0 atom stereocenters. The number of ether oxygens (including phenoxy) is 1. The molecule has 0 N–H and O–H groups in total. The van der Waals surface area contributed by atoms with E-state index >= 15 is 0 Å². The van der Waals surface area contributed by atoms with Crippen LogP contribution in [0.15, 0.2) is 48.7 Å². The van der Waals surface area contributed by atoms with Crippen LogP contribution in [0.25, 0.3) is 5.65 Å². The van der Waals surface area contributed by atoms with Crippen LogP contribution < -0.4 is 4.90 Å². The number of amides is 1. The molecular weight excluding hydrogens is 455 g/mol. The highest BCUT2D eigenvalue weighted by molar-refractivity contribution is 14.1. The molecule has 0 spiro atoms. The zero-order valence-electron chi connectivity index (χ0n) is 14.9. The van der Waals surface area contributed by atoms with Gasteiger partial charge in [0.2, 0.25) is 0 Å². The number of benzene rings is 1. The van der Waals surface area contributed by atoms with Crippen LogP contribution in [-0.2, 0) is 11.3 Å². The van der Waals surface area contributed by atoms with E-state index < -0.39 is 0 Å². The van der Waals surface area contributed by atoms with Crippen LogP contribution in [0.3, 0.4) is 0 Å². The quantitative estimate of drug-likeness (QED) is 0.508. The Hall–Kier alpha value is -2.16. The second-order valence-electron chi connectivity index (χ2n) is 6.74. The third-order valence-electron chi connectivity index (χ3n) is 4.90. The number of hydrogen-bond donors (Lipinski definition) is 0. The zero-order valence-corrected chi connectivity index (χ0v) is 17.1. The van der Waals surface area contributed by atoms with Gasteiger partial charge in [-0.05, 0) is 53.1 Å². The van der Waals surface area contributed by atoms with Crippen molar-refractivity contribution >= 4 is 40.1 Å². The van der Waals surface area contributed by atoms with E-state index in [4.69, 9.17) is 4.74 Å². The Morgan fingerprint density at radius 3 is 2.70 bits per heavy atom. The fourth-order valence-electron chi connectivity index (χ4n) is 3.52. The first-order chi connectivity index (χ1) is 13.2. The third kappa shape index (κ3) is 4.07. The van der Waals surface area contributed by atoms with Crippen LogP contribution >= 0.6 is 22.6 Å². The standard InChI is InChI=1S/C20H21IN4O2/c21-17-13-22-18-11-12-19(23-25(17)18)24(16-9-5-2-6-10-16)20(26)27-14-15-7-3-1-4-8-15/h1,3-4,7-8,11-13,16H,2,5-6,9-10,14H2. The van der Waals surface area contributed by atoms with E-state index in [1.54, 1.807) is 15.6 Å². The predicted octanol–water partition coefficient (Wildman–Crippen LogP) is 4.81. The Morgan fingerprint density at radius 2 is 1.93 bits per heavy atom. The molecule has 1 aliphatic carbocycles. The molecule has 140 valence electrons. The van der Waals surface area contributed by atoms with Crippen LogP contribution in [-0.4, -0.2) is 26.7 Å². The van der Waals surface area contributed by atoms with Gasteiger partial charge in [-0.1, -0.05) is 49.6 Å². The van der Waals surface area contributed by atoms with Crippen LogP contribution in [0.1, 0.15) is 37.7 Å². The van der Waals surface area contributed by atoms with E-state index in [0.29, 0.717) is 5.82 Å². The number of imidazole rings is 1. The number of halogens is 1. The number of rotatable bonds is 4. The maximum absolute atomic E-state index is 13.0. The summed E-state index contributed by atoms with van der Waals surface area (Å²) in [5.74, 6) is 0.614. The Labute approximate surface area is 171 Å². The summed E-state index contributed by atoms with van der Waals surface area (Å²) in [6, 6.07) is 13.6. The molecule has 0 radical (unpaired) electrons. The van der Waals surface area contributed by atoms with Gasteiger partial charge in [0.05, 0.1) is 6.20 Å². The largest absolute Gasteiger partial charge is 0.444 e. The second kappa shape index (κ2) is 8.24. The highest BCUT2D eigenvalue weighted by atomic mass is 127. The van der Waals surface area contributed by atoms with Crippen LogP contribution in [0, 0.1) is 3.70 Å². The van der Waals surface area contributed by atoms with E-state index in [0.717, 1.165) is 40.6 Å². The molecule has 1 aliphatic rings. The molecule has 0 aliphatic heterocycles. The zero-order chi connectivity index (χ0) is 18.6. The van der Waals surface area contributed by atoms with Gasteiger partial charge in [-0.25, -0.2) is 14.3 Å². The van der Waals surface area contributed by atoms with Crippen molar-refractivity contribution in [3.63, 3.8) is 0 Å². The first-order valence-electron chi connectivity index (χ1n) is 9.22. The highest BCUT2D eigenvalue weighted by Gasteiger charge is 2.29. The van der Waals surface area contributed by atoms with E-state index in [-0.39, 0.29) is 18.7 Å². The van der Waals surface area contributed by atoms with Crippen molar-refractivity contribution in [2.24, 2.45) is 0 Å². The lowest BCUT2D eigenvalue weighted by Gasteiger charge is -2.32. The summed E-state index contributed by atoms with van der Waals surface area (Å²) in [6.07, 6.45) is 6.84. The molecule has 1 saturated carbocycles. The van der Waals surface area contributed by atoms with Crippen molar-refractivity contribution in [2.75, 3.05) is 4.90 Å². The molecule has 0 saturated heterocycles. The van der Waals surface area contributed by atoms with Gasteiger partial charge in [0.25, 0.3) is 0 Å². The molecule has 3 aromatic rings. The average Bonchev–Trinajstić information content (AvgIpc) is 3.09. The minimum atomic E-state index is -0.340. The summed E-state index contributed by atoms with van der Waals surface area (Å²) in [4.78, 5) is 19.1. The molecule has 7 heteroatoms. The highest BCUT2D eigenvalue weighted by Crippen LogP contribution is 2.27. The SMILES string of the molecule is O=C(OCc1ccccc1)N(c1ccc2ncc(I)n2n1)C1CCCCC1. The van der Waals surface area contributed by atoms with Crippen LogP contribution in [0.4, 0.5) is 10.6 Å². The molecule has 27 heavy (non-hydrogen) atoms. The lowest BCUT2D eigenvalue weighted by atomic mass is 9.94. The normalized spacial score (nSPS) is 15.0. The number of fused-ring (bicyclic) bond motifs is 1. The van der Waals surface area contributed by atoms with E-state index in [2.05, 4.69) is 32.7 Å². The molecule has 2 heterocycles. The summed E-state index contributed by atoms with van der Waals surface area (Å²) in [7, 11) is 0. The molecule has 0 unspecified atom stereocenters. The molecular formula is C20H21IN4O2. The molecule has 1 amide bonds. The van der Waals surface area contributed by atoms with E-state index in [1.807, 2.05) is 42.5 Å². The van der Waals surface area contributed by atoms with Gasteiger partial charge in [0, 0.05) is 6.04 Å². The smallest absolute Gasteiger partial charge is 0.416 e. The number of hydrogen-bond acceptors (Lipinski definition) is 4. The summed E-state index contributed by atoms with van der Waals surface area (Å²) >= 11 is 2.19. The predicted molar refractivity (Wildman–Crippen MR) is 112 cm³/mol. The first kappa shape index (κ1) is 18.2. The van der Waals surface area contributed by atoms with Crippen molar-refractivity contribution in [1.82, 2.24) is 14.6 Å². The fraction of sp³-hybridized carbons (Fsp3) is 0.350. The Morgan fingerprint density at radius 1 is 1.15 bits per heavy atom. The van der Waals surface area contributed by atoms with Gasteiger partial charge in [-0.2, -0.15) is 0 Å². The lowest BCUT2D eigenvalue weighted by molar-refractivity contribution is 0.142. The third-order valence-corrected chi connectivity index (χ3v) is 5.63. The van der Waals surface area contributed by atoms with Crippen molar-refractivity contribution in [1.29, 1.82) is 0 Å². The monoisotopic (exact) mass is 476 g/mol. The first-order valence-corrected chi connectivity index (χ1v) is 10.3. The summed E-state index contributed by atoms with van der Waals surface area (Å²) in [5.41, 5.74) is 1.74. The summed E-state index contributed by atoms with van der Waals surface area (Å²) in [6.45, 7) is 0.258. The minimum Gasteiger partial charge on any atom is -0.444 e. The second-order valence-corrected chi connectivity index (χ2v) is 7.85. The molecule has 6 nitrogen and oxygen atoms in total. The number of anilines is 1. The number of carbonyl (C=O) groups excluding carboxylic acids is 1. The molecule has 4 rings (SSSR count). The van der Waals surface area contributed by atoms with Crippen molar-refractivity contribution in [3.8, 4) is 0 Å². The molecule has 2 aromatic heterocycles. The Bertz CT molecular complexity index is 922. The minimum absolute atomic E-state index is 0.119. The molecule has 1 aromatic carbocycles. The van der Waals surface area contributed by atoms with Gasteiger partial charge in [-0.3, -0.25) is 4.90 Å². The number of nitrogens with zero attached hydrogens (tertiary/aromatic N) is 4. The molecule has 0 bridgehead atoms. The van der Waals surface area contributed by atoms with Crippen molar-refractivity contribution < 1.29 is 9.53 Å². The summed E-state index contributed by atoms with van der Waals surface area (Å²) in [5, 5.41) is 4.66. The lowest BCUT2D eigenvalue weighted by Crippen LogP contribution is -2.42. The van der Waals surface area contributed by atoms with Gasteiger partial charge in [0.1, 0.15) is 10.3 Å². The Kier molecular flexibility index (Phi) is 5.56. The van der Waals surface area contributed by atoms with E-state index in [1.165, 1.54) is 6.42 Å². The fourth-order valence-corrected chi connectivity index (χ4v) is 4.02. The van der Waals surface area contributed by atoms with Gasteiger partial charge in [0.15, 0.2) is 11.5 Å². The topological polar surface area (TPSA) is 59.7 Å². The van der Waals surface area contributed by atoms with Crippen LogP contribution in [0.2, 0.25) is 0 Å². The van der Waals surface area contributed by atoms with Crippen LogP contribution in [0.5, 0.6) is 0 Å². The molecule has 1 fully saturated rings. The average molecular weight is 476 g/mol. The van der Waals surface area contributed by atoms with Crippen molar-refractivity contribution in [3.05, 3.63) is 57.9 Å². The maximum atomic E-state index is 13.0. The maximum Gasteiger partial charge on any atom is 0.416 e. The Balaban J connectivity index is 1.61. The number of aromatic nitrogens is 3. The van der Waals surface area contributed by atoms with Crippen molar-refractivity contribution in [2.45, 2.75) is 44.8 Å². The summed E-state index contributed by atoms with van der Waals surface area (Å²) < 4.78 is 8.31. The van der Waals surface area contributed by atoms with Gasteiger partial charge < -0.3 is 4.74 Å². The van der Waals surface area contributed by atoms with E-state index in [9.17, 15) is 4.79 Å².